The van der Waals surface area contributed by atoms with Crippen LogP contribution in [0, 0.1) is 5.82 Å². The molecule has 1 aliphatic heterocycles. The van der Waals surface area contributed by atoms with E-state index in [4.69, 9.17) is 4.74 Å². The topological polar surface area (TPSA) is 74.7 Å². The summed E-state index contributed by atoms with van der Waals surface area (Å²) in [5.41, 5.74) is 0.479. The molecule has 1 saturated heterocycles. The largest absolute Gasteiger partial charge is 0.502 e. The first-order chi connectivity index (χ1) is 11.6. The van der Waals surface area contributed by atoms with E-state index >= 15 is 0 Å². The van der Waals surface area contributed by atoms with E-state index in [2.05, 4.69) is 15.2 Å². The highest BCUT2D eigenvalue weighted by Gasteiger charge is 2.18. The molecule has 128 valence electrons. The number of carbonyl (C=O) groups is 1. The number of hydrogen-bond acceptors (Lipinski definition) is 6. The van der Waals surface area contributed by atoms with Crippen LogP contribution >= 0.6 is 11.3 Å². The Morgan fingerprint density at radius 2 is 2.12 bits per heavy atom. The van der Waals surface area contributed by atoms with Crippen LogP contribution in [0.5, 0.6) is 11.5 Å². The number of amides is 1. The first-order valence-electron chi connectivity index (χ1n) is 7.67. The van der Waals surface area contributed by atoms with Crippen molar-refractivity contribution in [2.24, 2.45) is 0 Å². The van der Waals surface area contributed by atoms with E-state index in [0.29, 0.717) is 0 Å². The van der Waals surface area contributed by atoms with E-state index in [9.17, 15) is 14.3 Å². The zero-order valence-corrected chi connectivity index (χ0v) is 14.0. The number of carbonyl (C=O) groups excluding carboxylic acids is 1. The third-order valence-electron chi connectivity index (χ3n) is 3.86. The molecule has 0 radical (unpaired) electrons. The minimum atomic E-state index is -0.864. The highest BCUT2D eigenvalue weighted by Crippen LogP contribution is 2.32. The maximum atomic E-state index is 13.6. The van der Waals surface area contributed by atoms with Crippen molar-refractivity contribution in [2.75, 3.05) is 30.4 Å². The summed E-state index contributed by atoms with van der Waals surface area (Å²) >= 11 is 1.42. The second kappa shape index (κ2) is 7.04. The number of phenols is 1. The van der Waals surface area contributed by atoms with Gasteiger partial charge in [-0.15, -0.1) is 11.3 Å². The fraction of sp³-hybridized carbons (Fsp3) is 0.375. The molecule has 1 aliphatic rings. The maximum absolute atomic E-state index is 13.6. The molecule has 0 atom stereocenters. The summed E-state index contributed by atoms with van der Waals surface area (Å²) in [5, 5.41) is 14.6. The fourth-order valence-electron chi connectivity index (χ4n) is 2.60. The molecule has 0 bridgehead atoms. The quantitative estimate of drug-likeness (QED) is 0.827. The Labute approximate surface area is 142 Å². The zero-order valence-electron chi connectivity index (χ0n) is 13.2. The van der Waals surface area contributed by atoms with Gasteiger partial charge in [-0.2, -0.15) is 0 Å². The smallest absolute Gasteiger partial charge is 0.275 e. The molecule has 0 saturated carbocycles. The van der Waals surface area contributed by atoms with Gasteiger partial charge in [0.1, 0.15) is 5.69 Å². The van der Waals surface area contributed by atoms with Crippen molar-refractivity contribution in [1.82, 2.24) is 4.98 Å². The van der Waals surface area contributed by atoms with E-state index in [1.807, 2.05) is 0 Å². The SMILES string of the molecule is COc1cc(NC(=O)c2csc(N3CCCCC3)n2)cc(F)c1O. The van der Waals surface area contributed by atoms with E-state index in [1.165, 1.54) is 30.9 Å². The molecule has 1 aromatic heterocycles. The van der Waals surface area contributed by atoms with Gasteiger partial charge in [-0.25, -0.2) is 9.37 Å². The molecule has 24 heavy (non-hydrogen) atoms. The van der Waals surface area contributed by atoms with Crippen LogP contribution in [-0.2, 0) is 0 Å². The monoisotopic (exact) mass is 351 g/mol. The number of ether oxygens (including phenoxy) is 1. The normalized spacial score (nSPS) is 14.5. The van der Waals surface area contributed by atoms with Gasteiger partial charge in [0.05, 0.1) is 7.11 Å². The summed E-state index contributed by atoms with van der Waals surface area (Å²) in [7, 11) is 1.31. The Balaban J connectivity index is 1.73. The number of thiazole rings is 1. The van der Waals surface area contributed by atoms with Crippen molar-refractivity contribution < 1.29 is 19.0 Å². The van der Waals surface area contributed by atoms with Gasteiger partial charge in [-0.05, 0) is 19.3 Å². The van der Waals surface area contributed by atoms with E-state index in [0.717, 1.165) is 37.1 Å². The van der Waals surface area contributed by atoms with Gasteiger partial charge in [-0.3, -0.25) is 4.79 Å². The van der Waals surface area contributed by atoms with Crippen LogP contribution in [0.15, 0.2) is 17.5 Å². The number of aromatic hydroxyl groups is 1. The van der Waals surface area contributed by atoms with Crippen molar-refractivity contribution >= 4 is 28.1 Å². The van der Waals surface area contributed by atoms with Crippen LogP contribution in [0.1, 0.15) is 29.8 Å². The van der Waals surface area contributed by atoms with Crippen LogP contribution in [0.3, 0.4) is 0 Å². The number of phenolic OH excluding ortho intramolecular Hbond substituents is 1. The molecule has 1 amide bonds. The molecule has 3 rings (SSSR count). The van der Waals surface area contributed by atoms with Gasteiger partial charge >= 0.3 is 0 Å². The van der Waals surface area contributed by atoms with Gasteiger partial charge in [0.15, 0.2) is 22.4 Å². The number of nitrogens with zero attached hydrogens (tertiary/aromatic N) is 2. The standard InChI is InChI=1S/C16H18FN3O3S/c1-23-13-8-10(7-11(17)14(13)21)18-15(22)12-9-24-16(19-12)20-5-3-2-4-6-20/h7-9,21H,2-6H2,1H3,(H,18,22). The van der Waals surface area contributed by atoms with Gasteiger partial charge in [0, 0.05) is 36.3 Å². The van der Waals surface area contributed by atoms with Crippen molar-refractivity contribution in [1.29, 1.82) is 0 Å². The molecule has 0 unspecified atom stereocenters. The van der Waals surface area contributed by atoms with E-state index in [-0.39, 0.29) is 17.1 Å². The second-order valence-corrected chi connectivity index (χ2v) is 6.36. The summed E-state index contributed by atoms with van der Waals surface area (Å²) in [6.45, 7) is 1.91. The zero-order chi connectivity index (χ0) is 17.1. The molecule has 0 aliphatic carbocycles. The van der Waals surface area contributed by atoms with Crippen molar-refractivity contribution in [3.63, 3.8) is 0 Å². The van der Waals surface area contributed by atoms with Gasteiger partial charge in [0.2, 0.25) is 0 Å². The highest BCUT2D eigenvalue weighted by atomic mass is 32.1. The first-order valence-corrected chi connectivity index (χ1v) is 8.55. The second-order valence-electron chi connectivity index (χ2n) is 5.53. The molecule has 1 fully saturated rings. The number of benzene rings is 1. The third kappa shape index (κ3) is 3.43. The summed E-state index contributed by atoms with van der Waals surface area (Å²) in [5.74, 6) is -1.92. The Morgan fingerprint density at radius 3 is 2.83 bits per heavy atom. The Morgan fingerprint density at radius 1 is 1.38 bits per heavy atom. The predicted octanol–water partition coefficient (Wildman–Crippen LogP) is 3.24. The lowest BCUT2D eigenvalue weighted by molar-refractivity contribution is 0.102. The molecule has 2 aromatic rings. The molecular weight excluding hydrogens is 333 g/mol. The predicted molar refractivity (Wildman–Crippen MR) is 90.7 cm³/mol. The minimum Gasteiger partial charge on any atom is -0.502 e. The number of piperidine rings is 1. The number of aromatic nitrogens is 1. The number of hydrogen-bond donors (Lipinski definition) is 2. The maximum Gasteiger partial charge on any atom is 0.275 e. The number of methoxy groups -OCH3 is 1. The lowest BCUT2D eigenvalue weighted by Crippen LogP contribution is -2.29. The molecule has 0 spiro atoms. The summed E-state index contributed by atoms with van der Waals surface area (Å²) in [4.78, 5) is 18.8. The number of rotatable bonds is 4. The number of nitrogens with one attached hydrogen (secondary N) is 1. The number of anilines is 2. The van der Waals surface area contributed by atoms with Crippen LogP contribution in [0.25, 0.3) is 0 Å². The lowest BCUT2D eigenvalue weighted by Gasteiger charge is -2.25. The first kappa shape index (κ1) is 16.5. The van der Waals surface area contributed by atoms with E-state index < -0.39 is 17.5 Å². The Kier molecular flexibility index (Phi) is 4.84. The van der Waals surface area contributed by atoms with Gasteiger partial charge in [0.25, 0.3) is 5.91 Å². The molecule has 2 heterocycles. The highest BCUT2D eigenvalue weighted by molar-refractivity contribution is 7.14. The molecule has 8 heteroatoms. The Hall–Kier alpha value is -2.35. The van der Waals surface area contributed by atoms with Crippen molar-refractivity contribution in [2.45, 2.75) is 19.3 Å². The molecule has 6 nitrogen and oxygen atoms in total. The summed E-state index contributed by atoms with van der Waals surface area (Å²) in [6.07, 6.45) is 3.49. The summed E-state index contributed by atoms with van der Waals surface area (Å²) < 4.78 is 18.5. The minimum absolute atomic E-state index is 0.0439. The van der Waals surface area contributed by atoms with Gasteiger partial charge < -0.3 is 20.1 Å². The third-order valence-corrected chi connectivity index (χ3v) is 4.76. The van der Waals surface area contributed by atoms with E-state index in [1.54, 1.807) is 5.38 Å². The fourth-order valence-corrected chi connectivity index (χ4v) is 3.46. The Bertz CT molecular complexity index is 744. The van der Waals surface area contributed by atoms with Crippen LogP contribution in [-0.4, -0.2) is 36.2 Å². The number of halogens is 1. The summed E-state index contributed by atoms with van der Waals surface area (Å²) in [6, 6.07) is 2.39. The lowest BCUT2D eigenvalue weighted by atomic mass is 10.1. The van der Waals surface area contributed by atoms with Crippen molar-refractivity contribution in [3.8, 4) is 11.5 Å². The average Bonchev–Trinajstić information content (AvgIpc) is 3.09. The van der Waals surface area contributed by atoms with Crippen LogP contribution in [0.4, 0.5) is 15.2 Å². The van der Waals surface area contributed by atoms with Crippen LogP contribution < -0.4 is 15.0 Å². The van der Waals surface area contributed by atoms with Crippen LogP contribution in [0.2, 0.25) is 0 Å². The molecule has 2 N–H and O–H groups in total. The molecular formula is C16H18FN3O3S. The average molecular weight is 351 g/mol. The van der Waals surface area contributed by atoms with Gasteiger partial charge in [-0.1, -0.05) is 0 Å². The molecule has 1 aromatic carbocycles. The van der Waals surface area contributed by atoms with Crippen molar-refractivity contribution in [3.05, 3.63) is 29.0 Å².